The molecule has 2 aromatic heterocycles. The second-order valence-corrected chi connectivity index (χ2v) is 8.58. The van der Waals surface area contributed by atoms with Gasteiger partial charge in [0.15, 0.2) is 5.16 Å². The number of hydrogen-bond donors (Lipinski definition) is 0. The van der Waals surface area contributed by atoms with Crippen molar-refractivity contribution in [3.05, 3.63) is 65.6 Å². The molecule has 0 aliphatic rings. The molecule has 0 saturated carbocycles. The molecule has 3 rings (SSSR count). The molecule has 0 radical (unpaired) electrons. The van der Waals surface area contributed by atoms with Crippen LogP contribution in [-0.4, -0.2) is 31.9 Å². The first-order valence-corrected chi connectivity index (χ1v) is 11.3. The van der Waals surface area contributed by atoms with Crippen molar-refractivity contribution >= 4 is 38.6 Å². The summed E-state index contributed by atoms with van der Waals surface area (Å²) in [4.78, 5) is 42.0. The summed E-state index contributed by atoms with van der Waals surface area (Å²) >= 11 is 4.73. The largest absolute Gasteiger partial charge is 0.382 e. The summed E-state index contributed by atoms with van der Waals surface area (Å²) in [6, 6.07) is 6.84. The summed E-state index contributed by atoms with van der Waals surface area (Å²) in [5.74, 6) is 0.335. The van der Waals surface area contributed by atoms with Crippen molar-refractivity contribution in [2.45, 2.75) is 30.8 Å². The quantitative estimate of drug-likeness (QED) is 0.271. The van der Waals surface area contributed by atoms with Crippen LogP contribution >= 0.6 is 27.7 Å². The van der Waals surface area contributed by atoms with Crippen LogP contribution in [0, 0.1) is 0 Å². The molecule has 1 aromatic carbocycles. The van der Waals surface area contributed by atoms with Crippen molar-refractivity contribution in [3.8, 4) is 0 Å². The first kappa shape index (κ1) is 22.5. The van der Waals surface area contributed by atoms with E-state index in [4.69, 9.17) is 4.74 Å². The third-order valence-corrected chi connectivity index (χ3v) is 6.23. The normalized spacial score (nSPS) is 11.3. The number of aromatic nitrogens is 4. The van der Waals surface area contributed by atoms with E-state index in [0.29, 0.717) is 53.7 Å². The highest BCUT2D eigenvalue weighted by molar-refractivity contribution is 9.10. The Morgan fingerprint density at radius 3 is 2.63 bits per heavy atom. The Bertz CT molecular complexity index is 1250. The summed E-state index contributed by atoms with van der Waals surface area (Å²) in [7, 11) is 3.07. The Kier molecular flexibility index (Phi) is 7.32. The fourth-order valence-electron chi connectivity index (χ4n) is 3.00. The van der Waals surface area contributed by atoms with Crippen LogP contribution in [-0.2, 0) is 31.1 Å². The lowest BCUT2D eigenvalue weighted by Crippen LogP contribution is -2.37. The molecule has 8 nitrogen and oxygen atoms in total. The average molecular weight is 495 g/mol. The number of benzene rings is 1. The van der Waals surface area contributed by atoms with Gasteiger partial charge in [-0.3, -0.25) is 23.3 Å². The smallest absolute Gasteiger partial charge is 0.330 e. The molecule has 0 atom stereocenters. The Labute approximate surface area is 185 Å². The van der Waals surface area contributed by atoms with Gasteiger partial charge in [0, 0.05) is 55.8 Å². The van der Waals surface area contributed by atoms with Gasteiger partial charge < -0.3 is 4.74 Å². The minimum atomic E-state index is -0.386. The van der Waals surface area contributed by atoms with Crippen LogP contribution in [0.25, 0.3) is 10.9 Å². The molecule has 0 fully saturated rings. The fourth-order valence-corrected chi connectivity index (χ4v) is 4.41. The van der Waals surface area contributed by atoms with Gasteiger partial charge in [0.1, 0.15) is 0 Å². The topological polar surface area (TPSA) is 88.1 Å². The van der Waals surface area contributed by atoms with Crippen molar-refractivity contribution < 1.29 is 4.74 Å². The van der Waals surface area contributed by atoms with Crippen LogP contribution < -0.4 is 16.8 Å². The Hall–Kier alpha value is -2.17. The van der Waals surface area contributed by atoms with Gasteiger partial charge in [-0.2, -0.15) is 0 Å². The number of nitrogens with zero attached hydrogens (tertiary/aromatic N) is 4. The molecule has 0 bridgehead atoms. The third-order valence-electron chi connectivity index (χ3n) is 4.73. The van der Waals surface area contributed by atoms with E-state index >= 15 is 0 Å². The molecule has 0 saturated heterocycles. The van der Waals surface area contributed by atoms with Crippen molar-refractivity contribution in [2.24, 2.45) is 14.1 Å². The van der Waals surface area contributed by atoms with E-state index in [1.807, 2.05) is 13.0 Å². The van der Waals surface area contributed by atoms with Crippen LogP contribution in [0.4, 0.5) is 0 Å². The molecule has 160 valence electrons. The van der Waals surface area contributed by atoms with Gasteiger partial charge in [0.2, 0.25) is 0 Å². The maximum absolute atomic E-state index is 13.1. The lowest BCUT2D eigenvalue weighted by Gasteiger charge is -2.14. The van der Waals surface area contributed by atoms with Gasteiger partial charge in [0.25, 0.3) is 11.1 Å². The average Bonchev–Trinajstić information content (AvgIpc) is 2.73. The highest BCUT2D eigenvalue weighted by Gasteiger charge is 2.14. The lowest BCUT2D eigenvalue weighted by molar-refractivity contribution is 0.140. The number of fused-ring (bicyclic) bond motifs is 1. The highest BCUT2D eigenvalue weighted by Crippen LogP contribution is 2.23. The molecule has 0 aliphatic carbocycles. The fraction of sp³-hybridized carbons (Fsp3) is 0.400. The first-order chi connectivity index (χ1) is 14.3. The minimum absolute atomic E-state index is 0.127. The van der Waals surface area contributed by atoms with Crippen molar-refractivity contribution in [1.82, 2.24) is 18.7 Å². The van der Waals surface area contributed by atoms with Crippen LogP contribution in [0.2, 0.25) is 0 Å². The molecule has 3 aromatic rings. The second-order valence-electron chi connectivity index (χ2n) is 6.73. The van der Waals surface area contributed by atoms with Gasteiger partial charge >= 0.3 is 5.69 Å². The molecule has 10 heteroatoms. The van der Waals surface area contributed by atoms with Crippen LogP contribution in [0.1, 0.15) is 19.0 Å². The Balaban J connectivity index is 1.99. The number of rotatable bonds is 8. The van der Waals surface area contributed by atoms with Crippen molar-refractivity contribution in [3.63, 3.8) is 0 Å². The van der Waals surface area contributed by atoms with Gasteiger partial charge in [-0.15, -0.1) is 0 Å². The summed E-state index contributed by atoms with van der Waals surface area (Å²) in [5.41, 5.74) is 0.296. The van der Waals surface area contributed by atoms with E-state index < -0.39 is 0 Å². The van der Waals surface area contributed by atoms with Crippen LogP contribution in [0.15, 0.2) is 48.3 Å². The molecule has 0 spiro atoms. The molecule has 0 aliphatic heterocycles. The monoisotopic (exact) mass is 494 g/mol. The number of hydrogen-bond acceptors (Lipinski definition) is 6. The number of ether oxygens (including phenoxy) is 1. The summed E-state index contributed by atoms with van der Waals surface area (Å²) in [6.45, 7) is 3.56. The molecule has 2 heterocycles. The van der Waals surface area contributed by atoms with E-state index in [0.717, 1.165) is 9.04 Å². The van der Waals surface area contributed by atoms with Crippen LogP contribution in [0.3, 0.4) is 0 Å². The molecular weight excluding hydrogens is 472 g/mol. The van der Waals surface area contributed by atoms with Gasteiger partial charge in [-0.1, -0.05) is 27.7 Å². The van der Waals surface area contributed by atoms with E-state index in [-0.39, 0.29) is 16.8 Å². The third kappa shape index (κ3) is 4.76. The van der Waals surface area contributed by atoms with Crippen LogP contribution in [0.5, 0.6) is 0 Å². The molecular formula is C20H23BrN4O4S. The molecule has 0 unspecified atom stereocenters. The second kappa shape index (κ2) is 9.76. The van der Waals surface area contributed by atoms with E-state index in [1.165, 1.54) is 29.4 Å². The zero-order valence-electron chi connectivity index (χ0n) is 17.1. The minimum Gasteiger partial charge on any atom is -0.382 e. The summed E-state index contributed by atoms with van der Waals surface area (Å²) in [6.07, 6.45) is 0.673. The van der Waals surface area contributed by atoms with E-state index in [9.17, 15) is 14.4 Å². The molecule has 0 amide bonds. The number of halogens is 1. The van der Waals surface area contributed by atoms with Crippen molar-refractivity contribution in [1.29, 1.82) is 0 Å². The molecule has 0 N–H and O–H groups in total. The van der Waals surface area contributed by atoms with E-state index in [2.05, 4.69) is 20.9 Å². The van der Waals surface area contributed by atoms with Gasteiger partial charge in [0.05, 0.1) is 10.9 Å². The van der Waals surface area contributed by atoms with Gasteiger partial charge in [-0.25, -0.2) is 9.78 Å². The summed E-state index contributed by atoms with van der Waals surface area (Å²) in [5, 5.41) is 1.07. The maximum atomic E-state index is 13.1. The molecule has 30 heavy (non-hydrogen) atoms. The predicted octanol–water partition coefficient (Wildman–Crippen LogP) is 2.28. The van der Waals surface area contributed by atoms with Crippen molar-refractivity contribution in [2.75, 3.05) is 13.2 Å². The predicted molar refractivity (Wildman–Crippen MR) is 121 cm³/mol. The number of thioether (sulfide) groups is 1. The summed E-state index contributed by atoms with van der Waals surface area (Å²) < 4.78 is 10.3. The standard InChI is InChI=1S/C20H23BrN4O4S/c1-4-29-9-5-8-25-18(27)15-10-13(21)6-7-16(15)22-19(25)30-12-14-11-17(26)24(3)20(28)23(14)2/h6-7,10-11H,4-5,8-9,12H2,1-3H3. The first-order valence-electron chi connectivity index (χ1n) is 9.50. The SMILES string of the molecule is CCOCCCn1c(SCc2cc(=O)n(C)c(=O)n2C)nc2ccc(Br)cc2c1=O. The Morgan fingerprint density at radius 1 is 1.13 bits per heavy atom. The van der Waals surface area contributed by atoms with Gasteiger partial charge in [-0.05, 0) is 31.5 Å². The zero-order valence-corrected chi connectivity index (χ0v) is 19.5. The Morgan fingerprint density at radius 2 is 1.90 bits per heavy atom. The maximum Gasteiger partial charge on any atom is 0.330 e. The van der Waals surface area contributed by atoms with E-state index in [1.54, 1.807) is 23.7 Å². The highest BCUT2D eigenvalue weighted by atomic mass is 79.9. The lowest BCUT2D eigenvalue weighted by atomic mass is 10.2. The zero-order chi connectivity index (χ0) is 21.8.